The van der Waals surface area contributed by atoms with Gasteiger partial charge in [0, 0.05) is 40.7 Å². The first-order valence-corrected chi connectivity index (χ1v) is 24.8. The molecule has 12 rings (SSSR count). The summed E-state index contributed by atoms with van der Waals surface area (Å²) >= 11 is 0. The zero-order valence-corrected chi connectivity index (χ0v) is 36.3. The lowest BCUT2D eigenvalue weighted by atomic mass is 9.56. The molecule has 11 aliphatic carbocycles. The second-order valence-corrected chi connectivity index (χ2v) is 20.4. The van der Waals surface area contributed by atoms with E-state index in [9.17, 15) is 0 Å². The summed E-state index contributed by atoms with van der Waals surface area (Å²) in [6, 6.07) is 13.7. The van der Waals surface area contributed by atoms with Crippen LogP contribution in [0.15, 0.2) is 185 Å². The number of anilines is 1. The molecule has 2 nitrogen and oxygen atoms in total. The van der Waals surface area contributed by atoms with Gasteiger partial charge in [0.2, 0.25) is 0 Å². The first kappa shape index (κ1) is 38.1. The van der Waals surface area contributed by atoms with Crippen molar-refractivity contribution in [2.45, 2.75) is 120 Å². The number of nitrogens with zero attached hydrogens (tertiary/aromatic N) is 2. The van der Waals surface area contributed by atoms with Crippen molar-refractivity contribution < 1.29 is 0 Å². The highest BCUT2D eigenvalue weighted by Gasteiger charge is 2.69. The first-order chi connectivity index (χ1) is 30.3. The summed E-state index contributed by atoms with van der Waals surface area (Å²) in [7, 11) is 0. The average Bonchev–Trinajstić information content (AvgIpc) is 3.80. The average molecular weight is 803 g/mol. The van der Waals surface area contributed by atoms with Crippen molar-refractivity contribution in [2.24, 2.45) is 46.8 Å². The maximum absolute atomic E-state index is 3.06. The highest BCUT2D eigenvalue weighted by molar-refractivity contribution is 5.56. The molecule has 2 saturated carbocycles. The van der Waals surface area contributed by atoms with Crippen LogP contribution in [0.3, 0.4) is 0 Å². The molecule has 0 saturated heterocycles. The highest BCUT2D eigenvalue weighted by atomic mass is 15.2. The third-order valence-electron chi connectivity index (χ3n) is 17.7. The quantitative estimate of drug-likeness (QED) is 0.253. The minimum Gasteiger partial charge on any atom is -0.362 e. The normalized spacial score (nSPS) is 38.9. The molecule has 1 aromatic rings. The fraction of sp³-hybridized carbons (Fsp3) is 0.458. The van der Waals surface area contributed by atoms with Gasteiger partial charge in [0.15, 0.2) is 0 Å². The van der Waals surface area contributed by atoms with E-state index in [1.807, 2.05) is 5.57 Å². The number of hydrogen-bond acceptors (Lipinski definition) is 2. The number of fused-ring (bicyclic) bond motifs is 9. The van der Waals surface area contributed by atoms with Crippen LogP contribution in [0.1, 0.15) is 96.3 Å². The molecule has 0 amide bonds. The second kappa shape index (κ2) is 16.0. The minimum atomic E-state index is 0.113. The molecule has 12 atom stereocenters. The van der Waals surface area contributed by atoms with Crippen LogP contribution in [0, 0.1) is 46.8 Å². The van der Waals surface area contributed by atoms with E-state index >= 15 is 0 Å². The predicted octanol–water partition coefficient (Wildman–Crippen LogP) is 14.0. The maximum Gasteiger partial charge on any atom is 0.0516 e. The zero-order valence-electron chi connectivity index (χ0n) is 36.3. The zero-order chi connectivity index (χ0) is 40.3. The van der Waals surface area contributed by atoms with E-state index in [2.05, 4.69) is 162 Å². The van der Waals surface area contributed by atoms with Gasteiger partial charge in [-0.25, -0.2) is 0 Å². The van der Waals surface area contributed by atoms with E-state index in [0.29, 0.717) is 65.6 Å². The standard InChI is InChI=1S/C59H66N2/c1-4-19-41(20-5-1)43-23-16-28-46(39-43)60(44-24-6-2-7-25-44)47-37-38-50-49-30-12-14-32-52(49)59(55(50)40-47)53-33-15-13-31-51(53)58-54(59)34-18-36-57(58)61(45-26-8-3-9-27-45)56-35-17-22-42-21-10-11-29-48(42)56/h2-4,6,8-10,12-16,19-21,26-28,30-33,37-39,43-44,47,49,51-54,56-58H,1,5,7,11,17-18,22-25,29,34-36,40H2. The Labute approximate surface area is 366 Å². The molecule has 0 N–H and O–H groups in total. The number of hydrogen-bond donors (Lipinski definition) is 0. The Morgan fingerprint density at radius 3 is 2.41 bits per heavy atom. The fourth-order valence-corrected chi connectivity index (χ4v) is 15.6. The molecule has 61 heavy (non-hydrogen) atoms. The summed E-state index contributed by atoms with van der Waals surface area (Å²) in [5.74, 6) is 3.77. The van der Waals surface area contributed by atoms with Crippen molar-refractivity contribution >= 4 is 5.69 Å². The van der Waals surface area contributed by atoms with Crippen LogP contribution in [0.25, 0.3) is 0 Å². The lowest BCUT2D eigenvalue weighted by molar-refractivity contribution is 0.0820. The van der Waals surface area contributed by atoms with Crippen molar-refractivity contribution in [3.8, 4) is 0 Å². The van der Waals surface area contributed by atoms with Crippen molar-refractivity contribution in [3.05, 3.63) is 185 Å². The van der Waals surface area contributed by atoms with Gasteiger partial charge in [-0.2, -0.15) is 0 Å². The molecule has 2 heteroatoms. The van der Waals surface area contributed by atoms with Crippen molar-refractivity contribution in [3.63, 3.8) is 0 Å². The van der Waals surface area contributed by atoms with E-state index in [4.69, 9.17) is 0 Å². The Hall–Kier alpha value is -4.56. The second-order valence-electron chi connectivity index (χ2n) is 20.4. The topological polar surface area (TPSA) is 6.48 Å². The van der Waals surface area contributed by atoms with Gasteiger partial charge < -0.3 is 9.80 Å². The van der Waals surface area contributed by atoms with Crippen LogP contribution in [-0.2, 0) is 0 Å². The number of benzene rings is 1. The lowest BCUT2D eigenvalue weighted by Crippen LogP contribution is -2.54. The number of para-hydroxylation sites is 1. The van der Waals surface area contributed by atoms with E-state index in [0.717, 1.165) is 19.3 Å². The molecule has 0 aromatic heterocycles. The summed E-state index contributed by atoms with van der Waals surface area (Å²) in [5, 5.41) is 0. The van der Waals surface area contributed by atoms with Gasteiger partial charge in [0.1, 0.15) is 0 Å². The molecule has 0 bridgehead atoms. The summed E-state index contributed by atoms with van der Waals surface area (Å²) in [5.41, 5.74) is 11.5. The molecular formula is C59H66N2. The SMILES string of the molecule is C1=CC2C3=C(CC(N(C4=CC(C5=CCCC=C5)CC=C4)C4CC=CCC4)C=C3)C3(C2C=C1)C1C=CC=CC1C1C(N(c2ccccc2)C2CCCC4=C2CCC=C4)CCCC13. The largest absolute Gasteiger partial charge is 0.362 e. The molecular weight excluding hydrogens is 737 g/mol. The van der Waals surface area contributed by atoms with Crippen molar-refractivity contribution in [1.29, 1.82) is 0 Å². The van der Waals surface area contributed by atoms with Crippen molar-refractivity contribution in [2.75, 3.05) is 4.90 Å². The smallest absolute Gasteiger partial charge is 0.0516 e. The predicted molar refractivity (Wildman–Crippen MR) is 255 cm³/mol. The Morgan fingerprint density at radius 1 is 0.639 bits per heavy atom. The van der Waals surface area contributed by atoms with Crippen LogP contribution >= 0.6 is 0 Å². The van der Waals surface area contributed by atoms with Gasteiger partial charge >= 0.3 is 0 Å². The summed E-state index contributed by atoms with van der Waals surface area (Å²) in [6.45, 7) is 0. The summed E-state index contributed by atoms with van der Waals surface area (Å²) in [6.07, 6.45) is 69.1. The maximum atomic E-state index is 3.06. The lowest BCUT2D eigenvalue weighted by Gasteiger charge is -2.53. The van der Waals surface area contributed by atoms with E-state index in [1.54, 1.807) is 16.7 Å². The Bertz CT molecular complexity index is 2290. The van der Waals surface area contributed by atoms with E-state index < -0.39 is 0 Å². The molecule has 1 spiro atoms. The summed E-state index contributed by atoms with van der Waals surface area (Å²) < 4.78 is 0. The van der Waals surface area contributed by atoms with Gasteiger partial charge in [0.05, 0.1) is 12.1 Å². The van der Waals surface area contributed by atoms with Crippen LogP contribution < -0.4 is 4.90 Å². The van der Waals surface area contributed by atoms with Crippen molar-refractivity contribution in [1.82, 2.24) is 4.90 Å². The fourth-order valence-electron chi connectivity index (χ4n) is 15.6. The molecule has 0 heterocycles. The van der Waals surface area contributed by atoms with Crippen LogP contribution in [-0.4, -0.2) is 29.1 Å². The molecule has 312 valence electrons. The third-order valence-corrected chi connectivity index (χ3v) is 17.7. The van der Waals surface area contributed by atoms with E-state index in [-0.39, 0.29) is 5.41 Å². The highest BCUT2D eigenvalue weighted by Crippen LogP contribution is 2.74. The van der Waals surface area contributed by atoms with Crippen LogP contribution in [0.5, 0.6) is 0 Å². The summed E-state index contributed by atoms with van der Waals surface area (Å²) in [4.78, 5) is 6.00. The van der Waals surface area contributed by atoms with E-state index in [1.165, 1.54) is 94.0 Å². The number of allylic oxidation sites excluding steroid dienone is 21. The minimum absolute atomic E-state index is 0.113. The Morgan fingerprint density at radius 2 is 1.52 bits per heavy atom. The molecule has 12 unspecified atom stereocenters. The monoisotopic (exact) mass is 803 g/mol. The Kier molecular flexibility index (Phi) is 9.98. The van der Waals surface area contributed by atoms with Gasteiger partial charge in [-0.1, -0.05) is 146 Å². The molecule has 1 aromatic carbocycles. The first-order valence-electron chi connectivity index (χ1n) is 24.8. The number of rotatable bonds is 7. The molecule has 0 aliphatic heterocycles. The van der Waals surface area contributed by atoms with Gasteiger partial charge in [0.25, 0.3) is 0 Å². The Balaban J connectivity index is 0.969. The molecule has 0 radical (unpaired) electrons. The van der Waals surface area contributed by atoms with Crippen LogP contribution in [0.4, 0.5) is 5.69 Å². The molecule has 11 aliphatic rings. The van der Waals surface area contributed by atoms with Gasteiger partial charge in [-0.15, -0.1) is 0 Å². The van der Waals surface area contributed by atoms with Gasteiger partial charge in [-0.3, -0.25) is 0 Å². The van der Waals surface area contributed by atoms with Crippen LogP contribution in [0.2, 0.25) is 0 Å². The third kappa shape index (κ3) is 6.23. The molecule has 2 fully saturated rings. The van der Waals surface area contributed by atoms with Gasteiger partial charge in [-0.05, 0) is 160 Å².